The summed E-state index contributed by atoms with van der Waals surface area (Å²) in [5, 5.41) is 9.96. The normalized spacial score (nSPS) is 29.5. The summed E-state index contributed by atoms with van der Waals surface area (Å²) in [6.07, 6.45) is 4.52. The van der Waals surface area contributed by atoms with E-state index >= 15 is 0 Å². The fraction of sp³-hybridized carbons (Fsp3) is 1.00. The van der Waals surface area contributed by atoms with Crippen LogP contribution in [0.1, 0.15) is 39.5 Å². The third kappa shape index (κ3) is 1.89. The van der Waals surface area contributed by atoms with E-state index in [1.165, 1.54) is 25.9 Å². The molecule has 1 aliphatic heterocycles. The summed E-state index contributed by atoms with van der Waals surface area (Å²) in [7, 11) is 0. The second-order valence-electron chi connectivity index (χ2n) is 5.01. The largest absolute Gasteiger partial charge is 0.390 e. The number of likely N-dealkylation sites (tertiary alicyclic amines) is 1. The summed E-state index contributed by atoms with van der Waals surface area (Å²) in [6, 6.07) is 0.676. The summed E-state index contributed by atoms with van der Waals surface area (Å²) in [5.74, 6) is 0.600. The van der Waals surface area contributed by atoms with Crippen LogP contribution >= 0.6 is 0 Å². The number of hydrogen-bond acceptors (Lipinski definition) is 2. The minimum absolute atomic E-state index is 0.233. The van der Waals surface area contributed by atoms with Crippen LogP contribution in [0, 0.1) is 5.92 Å². The molecule has 0 aromatic heterocycles. The Morgan fingerprint density at radius 1 is 1.23 bits per heavy atom. The van der Waals surface area contributed by atoms with Gasteiger partial charge in [-0.2, -0.15) is 0 Å². The maximum Gasteiger partial charge on any atom is 0.0678 e. The fourth-order valence-electron chi connectivity index (χ4n) is 2.49. The van der Waals surface area contributed by atoms with E-state index in [0.29, 0.717) is 12.0 Å². The molecule has 2 fully saturated rings. The molecule has 1 heterocycles. The van der Waals surface area contributed by atoms with Crippen LogP contribution in [0.5, 0.6) is 0 Å². The van der Waals surface area contributed by atoms with Crippen LogP contribution in [-0.2, 0) is 0 Å². The molecule has 2 aliphatic rings. The van der Waals surface area contributed by atoms with Gasteiger partial charge in [0.25, 0.3) is 0 Å². The Morgan fingerprint density at radius 3 is 2.15 bits per heavy atom. The molecule has 1 N–H and O–H groups in total. The zero-order valence-electron chi connectivity index (χ0n) is 8.79. The molecule has 1 saturated carbocycles. The van der Waals surface area contributed by atoms with Crippen molar-refractivity contribution in [1.29, 1.82) is 0 Å². The molecule has 0 unspecified atom stereocenters. The van der Waals surface area contributed by atoms with Crippen molar-refractivity contribution in [2.45, 2.75) is 51.2 Å². The van der Waals surface area contributed by atoms with E-state index in [1.807, 2.05) is 0 Å². The number of rotatable bonds is 2. The van der Waals surface area contributed by atoms with E-state index in [4.69, 9.17) is 0 Å². The SMILES string of the molecule is CC(C)N1CCC(C2(O)CC2)CC1. The highest BCUT2D eigenvalue weighted by atomic mass is 16.3. The van der Waals surface area contributed by atoms with Gasteiger partial charge in [-0.15, -0.1) is 0 Å². The molecule has 0 atom stereocenters. The van der Waals surface area contributed by atoms with Crippen LogP contribution < -0.4 is 0 Å². The Hall–Kier alpha value is -0.0800. The smallest absolute Gasteiger partial charge is 0.0678 e. The maximum atomic E-state index is 9.96. The second kappa shape index (κ2) is 3.25. The summed E-state index contributed by atoms with van der Waals surface area (Å²) < 4.78 is 0. The number of piperidine rings is 1. The highest BCUT2D eigenvalue weighted by Crippen LogP contribution is 2.46. The van der Waals surface area contributed by atoms with Crippen molar-refractivity contribution in [3.8, 4) is 0 Å². The van der Waals surface area contributed by atoms with Crippen molar-refractivity contribution in [2.24, 2.45) is 5.92 Å². The molecule has 1 saturated heterocycles. The maximum absolute atomic E-state index is 9.96. The molecule has 2 heteroatoms. The van der Waals surface area contributed by atoms with Gasteiger partial charge in [-0.05, 0) is 58.5 Å². The van der Waals surface area contributed by atoms with Gasteiger partial charge in [0, 0.05) is 6.04 Å². The zero-order valence-corrected chi connectivity index (χ0v) is 8.79. The topological polar surface area (TPSA) is 23.5 Å². The van der Waals surface area contributed by atoms with Crippen molar-refractivity contribution in [1.82, 2.24) is 4.90 Å². The quantitative estimate of drug-likeness (QED) is 0.703. The zero-order chi connectivity index (χ0) is 9.47. The van der Waals surface area contributed by atoms with Gasteiger partial charge in [-0.3, -0.25) is 0 Å². The third-order valence-electron chi connectivity index (χ3n) is 3.78. The van der Waals surface area contributed by atoms with Gasteiger partial charge < -0.3 is 10.0 Å². The Bertz CT molecular complexity index is 179. The van der Waals surface area contributed by atoms with Gasteiger partial charge in [0.05, 0.1) is 5.60 Å². The first-order valence-electron chi connectivity index (χ1n) is 5.58. The first-order chi connectivity index (χ1) is 6.12. The summed E-state index contributed by atoms with van der Waals surface area (Å²) in [6.45, 7) is 6.88. The average molecular weight is 183 g/mol. The lowest BCUT2D eigenvalue weighted by Gasteiger charge is -2.36. The molecule has 0 amide bonds. The molecule has 1 aliphatic carbocycles. The van der Waals surface area contributed by atoms with Gasteiger partial charge in [0.15, 0.2) is 0 Å². The predicted octanol–water partition coefficient (Wildman–Crippen LogP) is 1.63. The molecular formula is C11H21NO. The Labute approximate surface area is 80.9 Å². The van der Waals surface area contributed by atoms with Gasteiger partial charge in [-0.1, -0.05) is 0 Å². The summed E-state index contributed by atoms with van der Waals surface area (Å²) >= 11 is 0. The monoisotopic (exact) mass is 183 g/mol. The molecule has 0 aromatic carbocycles. The van der Waals surface area contributed by atoms with Gasteiger partial charge >= 0.3 is 0 Å². The highest BCUT2D eigenvalue weighted by Gasteiger charge is 2.48. The van der Waals surface area contributed by atoms with Crippen LogP contribution in [0.2, 0.25) is 0 Å². The Balaban J connectivity index is 1.82. The van der Waals surface area contributed by atoms with Crippen molar-refractivity contribution in [2.75, 3.05) is 13.1 Å². The van der Waals surface area contributed by atoms with Crippen molar-refractivity contribution >= 4 is 0 Å². The lowest BCUT2D eigenvalue weighted by Crippen LogP contribution is -2.41. The molecule has 76 valence electrons. The lowest BCUT2D eigenvalue weighted by atomic mass is 9.89. The van der Waals surface area contributed by atoms with Gasteiger partial charge in [-0.25, -0.2) is 0 Å². The predicted molar refractivity (Wildman–Crippen MR) is 53.6 cm³/mol. The number of hydrogen-bond donors (Lipinski definition) is 1. The summed E-state index contributed by atoms with van der Waals surface area (Å²) in [5.41, 5.74) is -0.233. The van der Waals surface area contributed by atoms with E-state index < -0.39 is 0 Å². The van der Waals surface area contributed by atoms with Gasteiger partial charge in [0.2, 0.25) is 0 Å². The van der Waals surface area contributed by atoms with Crippen LogP contribution in [0.3, 0.4) is 0 Å². The molecule has 0 spiro atoms. The van der Waals surface area contributed by atoms with Gasteiger partial charge in [0.1, 0.15) is 0 Å². The van der Waals surface area contributed by atoms with E-state index in [1.54, 1.807) is 0 Å². The minimum Gasteiger partial charge on any atom is -0.390 e. The Morgan fingerprint density at radius 2 is 1.77 bits per heavy atom. The molecule has 0 radical (unpaired) electrons. The molecular weight excluding hydrogens is 162 g/mol. The minimum atomic E-state index is -0.233. The molecule has 0 bridgehead atoms. The highest BCUT2D eigenvalue weighted by molar-refractivity contribution is 5.00. The van der Waals surface area contributed by atoms with Crippen molar-refractivity contribution in [3.05, 3.63) is 0 Å². The lowest BCUT2D eigenvalue weighted by molar-refractivity contribution is 0.0320. The molecule has 2 nitrogen and oxygen atoms in total. The number of nitrogens with zero attached hydrogens (tertiary/aromatic N) is 1. The van der Waals surface area contributed by atoms with E-state index in [9.17, 15) is 5.11 Å². The van der Waals surface area contributed by atoms with Crippen LogP contribution in [0.15, 0.2) is 0 Å². The third-order valence-corrected chi connectivity index (χ3v) is 3.78. The second-order valence-corrected chi connectivity index (χ2v) is 5.01. The van der Waals surface area contributed by atoms with E-state index in [2.05, 4.69) is 18.7 Å². The van der Waals surface area contributed by atoms with Crippen LogP contribution in [-0.4, -0.2) is 34.7 Å². The van der Waals surface area contributed by atoms with Crippen molar-refractivity contribution < 1.29 is 5.11 Å². The van der Waals surface area contributed by atoms with Crippen LogP contribution in [0.25, 0.3) is 0 Å². The fourth-order valence-corrected chi connectivity index (χ4v) is 2.49. The first kappa shape index (κ1) is 9.47. The van der Waals surface area contributed by atoms with E-state index in [0.717, 1.165) is 12.8 Å². The standard InChI is InChI=1S/C11H21NO/c1-9(2)12-7-3-10(4-8-12)11(13)5-6-11/h9-10,13H,3-8H2,1-2H3. The Kier molecular flexibility index (Phi) is 2.37. The van der Waals surface area contributed by atoms with E-state index in [-0.39, 0.29) is 5.60 Å². The molecule has 13 heavy (non-hydrogen) atoms. The average Bonchev–Trinajstić information content (AvgIpc) is 2.85. The molecule has 0 aromatic rings. The van der Waals surface area contributed by atoms with Crippen molar-refractivity contribution in [3.63, 3.8) is 0 Å². The first-order valence-corrected chi connectivity index (χ1v) is 5.58. The summed E-state index contributed by atoms with van der Waals surface area (Å²) in [4.78, 5) is 2.52. The molecule has 2 rings (SSSR count). The number of aliphatic hydroxyl groups is 1. The van der Waals surface area contributed by atoms with Crippen LogP contribution in [0.4, 0.5) is 0 Å².